The second-order valence-corrected chi connectivity index (χ2v) is 11.3. The number of carbonyl (C=O) groups excluding carboxylic acids is 2. The van der Waals surface area contributed by atoms with Crippen LogP contribution in [0.15, 0.2) is 35.5 Å². The van der Waals surface area contributed by atoms with E-state index in [2.05, 4.69) is 51.3 Å². The van der Waals surface area contributed by atoms with Crippen molar-refractivity contribution in [3.05, 3.63) is 57.7 Å². The fraction of sp³-hybridized carbons (Fsp3) is 0.481. The normalized spacial score (nSPS) is 18.8. The van der Waals surface area contributed by atoms with Gasteiger partial charge in [-0.3, -0.25) is 4.79 Å². The van der Waals surface area contributed by atoms with Gasteiger partial charge in [0, 0.05) is 17.3 Å². The highest BCUT2D eigenvalue weighted by Crippen LogP contribution is 2.54. The fourth-order valence-corrected chi connectivity index (χ4v) is 7.17. The molecule has 190 valence electrons. The van der Waals surface area contributed by atoms with Crippen LogP contribution in [0.25, 0.3) is 0 Å². The lowest BCUT2D eigenvalue weighted by Crippen LogP contribution is -2.17. The highest BCUT2D eigenvalue weighted by molar-refractivity contribution is 7.99. The van der Waals surface area contributed by atoms with Crippen molar-refractivity contribution in [1.29, 1.82) is 0 Å². The molecule has 1 fully saturated rings. The summed E-state index contributed by atoms with van der Waals surface area (Å²) in [6.45, 7) is 4.96. The zero-order valence-electron chi connectivity index (χ0n) is 20.8. The van der Waals surface area contributed by atoms with E-state index in [9.17, 15) is 9.59 Å². The Balaban J connectivity index is 1.26. The van der Waals surface area contributed by atoms with Gasteiger partial charge < -0.3 is 14.6 Å². The number of esters is 1. The predicted molar refractivity (Wildman–Crippen MR) is 143 cm³/mol. The van der Waals surface area contributed by atoms with Gasteiger partial charge in [-0.2, -0.15) is 0 Å². The van der Waals surface area contributed by atoms with E-state index in [1.807, 2.05) is 6.07 Å². The number of carbonyl (C=O) groups is 2. The van der Waals surface area contributed by atoms with Crippen LogP contribution in [0.1, 0.15) is 83.6 Å². The van der Waals surface area contributed by atoms with Crippen LogP contribution >= 0.6 is 23.1 Å². The first kappa shape index (κ1) is 25.0. The minimum absolute atomic E-state index is 0.150. The van der Waals surface area contributed by atoms with E-state index in [1.54, 1.807) is 6.92 Å². The molecule has 2 atom stereocenters. The summed E-state index contributed by atoms with van der Waals surface area (Å²) in [5.74, 6) is 1.57. The van der Waals surface area contributed by atoms with Crippen LogP contribution in [0, 0.1) is 0 Å². The van der Waals surface area contributed by atoms with Crippen LogP contribution in [0.5, 0.6) is 0 Å². The van der Waals surface area contributed by atoms with Crippen LogP contribution in [-0.4, -0.2) is 39.0 Å². The van der Waals surface area contributed by atoms with Crippen LogP contribution in [0.4, 0.5) is 5.00 Å². The van der Waals surface area contributed by atoms with Crippen molar-refractivity contribution in [1.82, 2.24) is 14.8 Å². The first-order chi connectivity index (χ1) is 17.6. The lowest BCUT2D eigenvalue weighted by molar-refractivity contribution is -0.113. The van der Waals surface area contributed by atoms with Gasteiger partial charge in [0.25, 0.3) is 0 Å². The third-order valence-electron chi connectivity index (χ3n) is 6.90. The summed E-state index contributed by atoms with van der Waals surface area (Å²) in [6.07, 6.45) is 6.21. The van der Waals surface area contributed by atoms with Crippen LogP contribution in [0.2, 0.25) is 0 Å². The largest absolute Gasteiger partial charge is 0.462 e. The molecule has 1 N–H and O–H groups in total. The van der Waals surface area contributed by atoms with E-state index >= 15 is 0 Å². The van der Waals surface area contributed by atoms with Crippen molar-refractivity contribution in [2.24, 2.45) is 0 Å². The van der Waals surface area contributed by atoms with E-state index in [1.165, 1.54) is 33.5 Å². The number of nitrogens with zero attached hydrogens (tertiary/aromatic N) is 3. The summed E-state index contributed by atoms with van der Waals surface area (Å²) in [4.78, 5) is 26.9. The average Bonchev–Trinajstić information content (AvgIpc) is 3.53. The average molecular weight is 525 g/mol. The summed E-state index contributed by atoms with van der Waals surface area (Å²) in [5.41, 5.74) is 2.96. The van der Waals surface area contributed by atoms with Crippen LogP contribution < -0.4 is 5.32 Å². The summed E-state index contributed by atoms with van der Waals surface area (Å²) in [5, 5.41) is 13.3. The summed E-state index contributed by atoms with van der Waals surface area (Å²) in [7, 11) is 0. The van der Waals surface area contributed by atoms with Gasteiger partial charge in [0.1, 0.15) is 10.8 Å². The molecule has 0 radical (unpaired) electrons. The number of thioether (sulfide) groups is 1. The Hall–Kier alpha value is -2.65. The summed E-state index contributed by atoms with van der Waals surface area (Å²) in [6, 6.07) is 10.5. The van der Waals surface area contributed by atoms with E-state index in [-0.39, 0.29) is 17.6 Å². The number of ether oxygens (including phenoxy) is 1. The summed E-state index contributed by atoms with van der Waals surface area (Å²) >= 11 is 2.92. The van der Waals surface area contributed by atoms with Crippen molar-refractivity contribution in [3.8, 4) is 0 Å². The molecule has 1 amide bonds. The second-order valence-electron chi connectivity index (χ2n) is 9.27. The monoisotopic (exact) mass is 524 g/mol. The van der Waals surface area contributed by atoms with Crippen molar-refractivity contribution in [2.75, 3.05) is 17.7 Å². The third kappa shape index (κ3) is 5.22. The van der Waals surface area contributed by atoms with Crippen LogP contribution in [-0.2, 0) is 28.9 Å². The Kier molecular flexibility index (Phi) is 7.76. The number of benzene rings is 1. The number of amides is 1. The van der Waals surface area contributed by atoms with E-state index in [0.717, 1.165) is 61.6 Å². The van der Waals surface area contributed by atoms with Crippen LogP contribution in [0.3, 0.4) is 0 Å². The van der Waals surface area contributed by atoms with E-state index in [4.69, 9.17) is 4.74 Å². The molecule has 0 aliphatic heterocycles. The van der Waals surface area contributed by atoms with Gasteiger partial charge >= 0.3 is 5.97 Å². The molecule has 5 rings (SSSR count). The number of rotatable bonds is 9. The quantitative estimate of drug-likeness (QED) is 0.216. The number of anilines is 1. The Bertz CT molecular complexity index is 1240. The van der Waals surface area contributed by atoms with Gasteiger partial charge in [-0.15, -0.1) is 21.5 Å². The van der Waals surface area contributed by atoms with Gasteiger partial charge in [-0.25, -0.2) is 4.79 Å². The lowest BCUT2D eigenvalue weighted by atomic mass is 10.1. The number of aryl methyl sites for hydroxylation is 1. The zero-order chi connectivity index (χ0) is 25.1. The second kappa shape index (κ2) is 11.2. The molecular weight excluding hydrogens is 492 g/mol. The highest BCUT2D eigenvalue weighted by atomic mass is 32.2. The SMILES string of the molecule is CCOC(=O)c1c(NC(=O)CSc2nnc(C3CC3c3ccccc3)n2CC)sc2c1CCCCC2. The Labute approximate surface area is 220 Å². The number of hydrogen-bond acceptors (Lipinski definition) is 7. The fourth-order valence-electron chi connectivity index (χ4n) is 5.07. The smallest absolute Gasteiger partial charge is 0.341 e. The molecule has 1 saturated carbocycles. The molecular formula is C27H32N4O3S2. The predicted octanol–water partition coefficient (Wildman–Crippen LogP) is 5.81. The molecule has 0 spiro atoms. The van der Waals surface area contributed by atoms with Crippen molar-refractivity contribution < 1.29 is 14.3 Å². The van der Waals surface area contributed by atoms with Gasteiger partial charge in [0.2, 0.25) is 5.91 Å². The topological polar surface area (TPSA) is 86.1 Å². The highest BCUT2D eigenvalue weighted by Gasteiger charge is 2.43. The number of thiophene rings is 1. The van der Waals surface area contributed by atoms with Gasteiger partial charge in [-0.05, 0) is 63.0 Å². The van der Waals surface area contributed by atoms with Gasteiger partial charge in [-0.1, -0.05) is 48.5 Å². The van der Waals surface area contributed by atoms with E-state index in [0.29, 0.717) is 29.0 Å². The van der Waals surface area contributed by atoms with Crippen molar-refractivity contribution >= 4 is 40.0 Å². The molecule has 3 aromatic rings. The molecule has 36 heavy (non-hydrogen) atoms. The van der Waals surface area contributed by atoms with Crippen molar-refractivity contribution in [2.45, 2.75) is 75.9 Å². The van der Waals surface area contributed by atoms with Gasteiger partial charge in [0.05, 0.1) is 17.9 Å². The minimum Gasteiger partial charge on any atom is -0.462 e. The Morgan fingerprint density at radius 1 is 1.11 bits per heavy atom. The standard InChI is InChI=1S/C27H32N4O3S2/c1-3-31-24(20-15-19(20)17-11-7-5-8-12-17)29-30-27(31)35-16-22(32)28-25-23(26(33)34-4-2)18-13-9-6-10-14-21(18)36-25/h5,7-8,11-12,19-20H,3-4,6,9-10,13-16H2,1-2H3,(H,28,32). The first-order valence-electron chi connectivity index (χ1n) is 12.8. The molecule has 7 nitrogen and oxygen atoms in total. The number of aromatic nitrogens is 3. The molecule has 0 bridgehead atoms. The maximum atomic E-state index is 13.0. The number of fused-ring (bicyclic) bond motifs is 1. The molecule has 2 unspecified atom stereocenters. The molecule has 2 aromatic heterocycles. The zero-order valence-corrected chi connectivity index (χ0v) is 22.4. The first-order valence-corrected chi connectivity index (χ1v) is 14.6. The molecule has 2 aliphatic rings. The maximum Gasteiger partial charge on any atom is 0.341 e. The molecule has 2 heterocycles. The molecule has 2 aliphatic carbocycles. The molecule has 0 saturated heterocycles. The minimum atomic E-state index is -0.340. The van der Waals surface area contributed by atoms with Gasteiger partial charge in [0.15, 0.2) is 5.16 Å². The third-order valence-corrected chi connectivity index (χ3v) is 9.07. The molecule has 1 aromatic carbocycles. The number of hydrogen-bond donors (Lipinski definition) is 1. The van der Waals surface area contributed by atoms with E-state index < -0.39 is 0 Å². The summed E-state index contributed by atoms with van der Waals surface area (Å²) < 4.78 is 7.46. The Morgan fingerprint density at radius 3 is 2.69 bits per heavy atom. The molecule has 9 heteroatoms. The van der Waals surface area contributed by atoms with Crippen molar-refractivity contribution in [3.63, 3.8) is 0 Å². The Morgan fingerprint density at radius 2 is 1.92 bits per heavy atom. The number of nitrogens with one attached hydrogen (secondary N) is 1. The maximum absolute atomic E-state index is 13.0. The lowest BCUT2D eigenvalue weighted by Gasteiger charge is -2.09.